The Balaban J connectivity index is 1.91. The van der Waals surface area contributed by atoms with Gasteiger partial charge in [0.2, 0.25) is 0 Å². The number of nitrogens with one attached hydrogen (secondary N) is 1. The smallest absolute Gasteiger partial charge is 0.314 e. The molecule has 0 aromatic carbocycles. The fourth-order valence-electron chi connectivity index (χ4n) is 1.67. The van der Waals surface area contributed by atoms with Crippen LogP contribution >= 0.6 is 0 Å². The van der Waals surface area contributed by atoms with E-state index in [4.69, 9.17) is 0 Å². The first-order valence-corrected chi connectivity index (χ1v) is 5.01. The molecule has 0 amide bonds. The largest absolute Gasteiger partial charge is 0.333 e. The number of nitrogens with zero attached hydrogens (tertiary/aromatic N) is 3. The Hall–Kier alpha value is -1.01. The number of hydrogen-bond donors (Lipinski definition) is 1. The van der Waals surface area contributed by atoms with Crippen molar-refractivity contribution >= 4 is 0 Å². The molecule has 1 N–H and O–H groups in total. The molecule has 0 spiro atoms. The van der Waals surface area contributed by atoms with Crippen LogP contribution in [0.3, 0.4) is 0 Å². The van der Waals surface area contributed by atoms with Crippen LogP contribution < -0.4 is 5.32 Å². The molecule has 0 atom stereocenters. The molecule has 1 aromatic rings. The van der Waals surface area contributed by atoms with Crippen LogP contribution in [0.2, 0.25) is 0 Å². The van der Waals surface area contributed by atoms with Crippen LogP contribution in [0.4, 0.5) is 8.78 Å². The number of aromatic nitrogens is 2. The summed E-state index contributed by atoms with van der Waals surface area (Å²) in [6.45, 7) is 1.91. The van der Waals surface area contributed by atoms with Crippen LogP contribution in [0.15, 0.2) is 12.3 Å². The van der Waals surface area contributed by atoms with E-state index < -0.39 is 6.55 Å². The zero-order chi connectivity index (χ0) is 10.7. The van der Waals surface area contributed by atoms with Crippen molar-refractivity contribution < 1.29 is 8.78 Å². The maximum Gasteiger partial charge on any atom is 0.333 e. The van der Waals surface area contributed by atoms with Crippen LogP contribution in [-0.2, 0) is 6.54 Å². The molecule has 6 heteroatoms. The van der Waals surface area contributed by atoms with E-state index in [1.54, 1.807) is 6.07 Å². The van der Waals surface area contributed by atoms with Gasteiger partial charge >= 0.3 is 6.55 Å². The van der Waals surface area contributed by atoms with Gasteiger partial charge in [-0.25, -0.2) is 4.68 Å². The summed E-state index contributed by atoms with van der Waals surface area (Å²) in [5.74, 6) is 0. The van der Waals surface area contributed by atoms with Gasteiger partial charge in [-0.2, -0.15) is 13.9 Å². The summed E-state index contributed by atoms with van der Waals surface area (Å²) in [4.78, 5) is 2.20. The molecule has 0 saturated carbocycles. The molecule has 2 rings (SSSR count). The lowest BCUT2D eigenvalue weighted by Gasteiger charge is -2.26. The second-order valence-electron chi connectivity index (χ2n) is 3.59. The molecular formula is C9H14F2N4. The molecule has 0 aliphatic carbocycles. The first-order chi connectivity index (χ1) is 7.25. The molecule has 0 bridgehead atoms. The summed E-state index contributed by atoms with van der Waals surface area (Å²) < 4.78 is 25.2. The number of alkyl halides is 2. The lowest BCUT2D eigenvalue weighted by molar-refractivity contribution is 0.0557. The Morgan fingerprint density at radius 2 is 2.13 bits per heavy atom. The first kappa shape index (κ1) is 10.5. The first-order valence-electron chi connectivity index (χ1n) is 5.01. The fourth-order valence-corrected chi connectivity index (χ4v) is 1.67. The van der Waals surface area contributed by atoms with Crippen molar-refractivity contribution in [2.45, 2.75) is 13.1 Å². The van der Waals surface area contributed by atoms with Crippen molar-refractivity contribution in [3.63, 3.8) is 0 Å². The number of rotatable bonds is 3. The monoisotopic (exact) mass is 216 g/mol. The van der Waals surface area contributed by atoms with E-state index in [1.807, 2.05) is 0 Å². The Labute approximate surface area is 86.9 Å². The maximum absolute atomic E-state index is 12.2. The summed E-state index contributed by atoms with van der Waals surface area (Å²) >= 11 is 0. The summed E-state index contributed by atoms with van der Waals surface area (Å²) in [6, 6.07) is 1.65. The normalized spacial score (nSPS) is 18.6. The second-order valence-corrected chi connectivity index (χ2v) is 3.59. The number of piperazine rings is 1. The van der Waals surface area contributed by atoms with Gasteiger partial charge in [0.1, 0.15) is 0 Å². The van der Waals surface area contributed by atoms with E-state index in [0.717, 1.165) is 26.2 Å². The van der Waals surface area contributed by atoms with Gasteiger partial charge < -0.3 is 5.32 Å². The van der Waals surface area contributed by atoms with Gasteiger partial charge in [0.15, 0.2) is 0 Å². The molecule has 0 radical (unpaired) electrons. The molecule has 1 fully saturated rings. The Morgan fingerprint density at radius 3 is 2.73 bits per heavy atom. The highest BCUT2D eigenvalue weighted by Crippen LogP contribution is 2.10. The molecule has 1 aliphatic rings. The summed E-state index contributed by atoms with van der Waals surface area (Å²) in [7, 11) is 0. The molecule has 84 valence electrons. The number of halogens is 2. The predicted molar refractivity (Wildman–Crippen MR) is 51.6 cm³/mol. The Bertz CT molecular complexity index is 307. The van der Waals surface area contributed by atoms with Crippen LogP contribution in [-0.4, -0.2) is 40.9 Å². The van der Waals surface area contributed by atoms with Gasteiger partial charge in [-0.05, 0) is 6.07 Å². The van der Waals surface area contributed by atoms with Crippen LogP contribution in [0.25, 0.3) is 0 Å². The summed E-state index contributed by atoms with van der Waals surface area (Å²) in [5, 5.41) is 7.05. The van der Waals surface area contributed by atoms with Gasteiger partial charge in [-0.15, -0.1) is 0 Å². The van der Waals surface area contributed by atoms with Gasteiger partial charge in [0.25, 0.3) is 0 Å². The van der Waals surface area contributed by atoms with Gasteiger partial charge in [0.05, 0.1) is 5.69 Å². The lowest BCUT2D eigenvalue weighted by Crippen LogP contribution is -2.42. The predicted octanol–water partition coefficient (Wildman–Crippen LogP) is 0.683. The van der Waals surface area contributed by atoms with Gasteiger partial charge in [0, 0.05) is 38.9 Å². The van der Waals surface area contributed by atoms with Crippen molar-refractivity contribution in [2.75, 3.05) is 26.2 Å². The quantitative estimate of drug-likeness (QED) is 0.806. The summed E-state index contributed by atoms with van der Waals surface area (Å²) in [6.07, 6.45) is 1.32. The van der Waals surface area contributed by atoms with Crippen molar-refractivity contribution in [3.05, 3.63) is 18.0 Å². The van der Waals surface area contributed by atoms with Gasteiger partial charge in [-0.3, -0.25) is 4.90 Å². The minimum Gasteiger partial charge on any atom is -0.314 e. The average Bonchev–Trinajstić information content (AvgIpc) is 2.68. The molecule has 1 saturated heterocycles. The van der Waals surface area contributed by atoms with Crippen LogP contribution in [0.1, 0.15) is 12.2 Å². The van der Waals surface area contributed by atoms with Crippen molar-refractivity contribution in [1.29, 1.82) is 0 Å². The topological polar surface area (TPSA) is 33.1 Å². The fraction of sp³-hybridized carbons (Fsp3) is 0.667. The highest BCUT2D eigenvalue weighted by Gasteiger charge is 2.13. The maximum atomic E-state index is 12.2. The van der Waals surface area contributed by atoms with Crippen LogP contribution in [0, 0.1) is 0 Å². The highest BCUT2D eigenvalue weighted by molar-refractivity contribution is 4.99. The third-order valence-electron chi connectivity index (χ3n) is 2.46. The summed E-state index contributed by atoms with van der Waals surface area (Å²) in [5.41, 5.74) is 0.706. The molecule has 1 aromatic heterocycles. The highest BCUT2D eigenvalue weighted by atomic mass is 19.3. The minimum atomic E-state index is -2.54. The van der Waals surface area contributed by atoms with E-state index in [-0.39, 0.29) is 0 Å². The molecule has 2 heterocycles. The van der Waals surface area contributed by atoms with E-state index >= 15 is 0 Å². The van der Waals surface area contributed by atoms with E-state index in [9.17, 15) is 8.78 Å². The molecule has 15 heavy (non-hydrogen) atoms. The Kier molecular flexibility index (Phi) is 3.27. The SMILES string of the molecule is FC(F)n1ccc(CN2CCNCC2)n1. The molecule has 1 aliphatic heterocycles. The average molecular weight is 216 g/mol. The van der Waals surface area contributed by atoms with Crippen molar-refractivity contribution in [3.8, 4) is 0 Å². The minimum absolute atomic E-state index is 0.654. The molecule has 4 nitrogen and oxygen atoms in total. The Morgan fingerprint density at radius 1 is 1.40 bits per heavy atom. The third kappa shape index (κ3) is 2.73. The van der Waals surface area contributed by atoms with Gasteiger partial charge in [-0.1, -0.05) is 0 Å². The van der Waals surface area contributed by atoms with Crippen molar-refractivity contribution in [2.24, 2.45) is 0 Å². The zero-order valence-electron chi connectivity index (χ0n) is 8.37. The molecular weight excluding hydrogens is 202 g/mol. The zero-order valence-corrected chi connectivity index (χ0v) is 8.37. The van der Waals surface area contributed by atoms with Crippen LogP contribution in [0.5, 0.6) is 0 Å². The number of hydrogen-bond acceptors (Lipinski definition) is 3. The molecule has 0 unspecified atom stereocenters. The van der Waals surface area contributed by atoms with Crippen molar-refractivity contribution in [1.82, 2.24) is 20.0 Å². The van der Waals surface area contributed by atoms with E-state index in [2.05, 4.69) is 15.3 Å². The standard InChI is InChI=1S/C9H14F2N4/c10-9(11)15-4-1-8(13-15)7-14-5-2-12-3-6-14/h1,4,9,12H,2-3,5-7H2. The second kappa shape index (κ2) is 4.67. The third-order valence-corrected chi connectivity index (χ3v) is 2.46. The van der Waals surface area contributed by atoms with E-state index in [0.29, 0.717) is 16.9 Å². The van der Waals surface area contributed by atoms with E-state index in [1.165, 1.54) is 6.20 Å². The lowest BCUT2D eigenvalue weighted by atomic mass is 10.3.